The molecular formula is C24H25Cl2FN4O2. The zero-order chi connectivity index (χ0) is 24.3. The first kappa shape index (κ1) is 24.7. The van der Waals surface area contributed by atoms with Gasteiger partial charge in [-0.15, -0.1) is 0 Å². The lowest BCUT2D eigenvalue weighted by Crippen LogP contribution is -2.44. The summed E-state index contributed by atoms with van der Waals surface area (Å²) in [6.07, 6.45) is 1.71. The highest BCUT2D eigenvalue weighted by atomic mass is 35.5. The molecule has 3 aromatic rings. The number of benzene rings is 2. The summed E-state index contributed by atoms with van der Waals surface area (Å²) in [6, 6.07) is 11.2. The molecule has 2 amide bonds. The van der Waals surface area contributed by atoms with Crippen molar-refractivity contribution in [2.45, 2.75) is 33.7 Å². The third-order valence-electron chi connectivity index (χ3n) is 4.99. The van der Waals surface area contributed by atoms with Gasteiger partial charge < -0.3 is 4.90 Å². The van der Waals surface area contributed by atoms with Gasteiger partial charge in [0.25, 0.3) is 0 Å². The SMILES string of the molecule is CC(C)C(=O)N(CC(=O)Nc1nc(-c2ccc(Cl)cc2)cn1-c1ccc(F)c(Cl)c1)C(C)C. The van der Waals surface area contributed by atoms with Crippen molar-refractivity contribution < 1.29 is 14.0 Å². The number of aromatic nitrogens is 2. The summed E-state index contributed by atoms with van der Waals surface area (Å²) in [4.78, 5) is 31.5. The van der Waals surface area contributed by atoms with Crippen LogP contribution < -0.4 is 5.32 Å². The van der Waals surface area contributed by atoms with Crippen LogP contribution in [-0.4, -0.2) is 38.9 Å². The Labute approximate surface area is 202 Å². The van der Waals surface area contributed by atoms with Gasteiger partial charge in [-0.25, -0.2) is 9.37 Å². The average molecular weight is 491 g/mol. The fourth-order valence-electron chi connectivity index (χ4n) is 3.23. The zero-order valence-electron chi connectivity index (χ0n) is 18.8. The van der Waals surface area contributed by atoms with Crippen LogP contribution >= 0.6 is 23.2 Å². The molecule has 6 nitrogen and oxygen atoms in total. The second-order valence-electron chi connectivity index (χ2n) is 8.19. The molecular weight excluding hydrogens is 466 g/mol. The molecule has 0 spiro atoms. The number of nitrogens with zero attached hydrogens (tertiary/aromatic N) is 3. The molecule has 9 heteroatoms. The Kier molecular flexibility index (Phi) is 7.76. The van der Waals surface area contributed by atoms with Crippen LogP contribution in [0.2, 0.25) is 10.0 Å². The van der Waals surface area contributed by atoms with Crippen LogP contribution in [0.15, 0.2) is 48.7 Å². The number of carbonyl (C=O) groups is 2. The summed E-state index contributed by atoms with van der Waals surface area (Å²) >= 11 is 12.0. The van der Waals surface area contributed by atoms with Crippen LogP contribution in [-0.2, 0) is 9.59 Å². The fraction of sp³-hybridized carbons (Fsp3) is 0.292. The van der Waals surface area contributed by atoms with Gasteiger partial charge in [0.2, 0.25) is 17.8 Å². The maximum atomic E-state index is 13.7. The fourth-order valence-corrected chi connectivity index (χ4v) is 3.53. The van der Waals surface area contributed by atoms with E-state index in [0.29, 0.717) is 16.4 Å². The lowest BCUT2D eigenvalue weighted by molar-refractivity contribution is -0.139. The quantitative estimate of drug-likeness (QED) is 0.453. The third-order valence-corrected chi connectivity index (χ3v) is 5.53. The minimum Gasteiger partial charge on any atom is -0.331 e. The third kappa shape index (κ3) is 5.92. The summed E-state index contributed by atoms with van der Waals surface area (Å²) in [6.45, 7) is 7.17. The minimum atomic E-state index is -0.552. The molecule has 0 fully saturated rings. The highest BCUT2D eigenvalue weighted by Crippen LogP contribution is 2.27. The summed E-state index contributed by atoms with van der Waals surface area (Å²) in [5, 5.41) is 3.31. The average Bonchev–Trinajstić information content (AvgIpc) is 3.17. The second kappa shape index (κ2) is 10.4. The van der Waals surface area contributed by atoms with Gasteiger partial charge in [0.05, 0.1) is 16.4 Å². The molecule has 3 rings (SSSR count). The molecule has 1 heterocycles. The molecule has 0 bridgehead atoms. The molecule has 0 aliphatic heterocycles. The van der Waals surface area contributed by atoms with Crippen LogP contribution in [0.5, 0.6) is 0 Å². The predicted octanol–water partition coefficient (Wildman–Crippen LogP) is 5.82. The van der Waals surface area contributed by atoms with E-state index in [-0.39, 0.29) is 35.4 Å². The molecule has 0 aliphatic carbocycles. The number of amides is 2. The van der Waals surface area contributed by atoms with Crippen LogP contribution in [0.25, 0.3) is 16.9 Å². The summed E-state index contributed by atoms with van der Waals surface area (Å²) in [5.41, 5.74) is 1.87. The van der Waals surface area contributed by atoms with Gasteiger partial charge in [0.15, 0.2) is 0 Å². The number of anilines is 1. The minimum absolute atomic E-state index is 0.0555. The summed E-state index contributed by atoms with van der Waals surface area (Å²) in [5.74, 6) is -1.09. The van der Waals surface area contributed by atoms with Crippen molar-refractivity contribution in [1.82, 2.24) is 14.5 Å². The molecule has 174 valence electrons. The van der Waals surface area contributed by atoms with Crippen molar-refractivity contribution in [2.75, 3.05) is 11.9 Å². The van der Waals surface area contributed by atoms with Crippen LogP contribution in [0.3, 0.4) is 0 Å². The van der Waals surface area contributed by atoms with Crippen molar-refractivity contribution in [1.29, 1.82) is 0 Å². The van der Waals surface area contributed by atoms with Gasteiger partial charge in [0.1, 0.15) is 12.4 Å². The van der Waals surface area contributed by atoms with E-state index in [9.17, 15) is 14.0 Å². The van der Waals surface area contributed by atoms with Gasteiger partial charge in [-0.05, 0) is 44.2 Å². The number of halogens is 3. The first-order valence-electron chi connectivity index (χ1n) is 10.5. The Morgan fingerprint density at radius 1 is 1.09 bits per heavy atom. The van der Waals surface area contributed by atoms with Gasteiger partial charge in [-0.2, -0.15) is 0 Å². The van der Waals surface area contributed by atoms with Crippen molar-refractivity contribution in [2.24, 2.45) is 5.92 Å². The summed E-state index contributed by atoms with van der Waals surface area (Å²) in [7, 11) is 0. The van der Waals surface area contributed by atoms with E-state index in [1.807, 2.05) is 13.8 Å². The van der Waals surface area contributed by atoms with Crippen LogP contribution in [0.4, 0.5) is 10.3 Å². The van der Waals surface area contributed by atoms with Crippen molar-refractivity contribution in [3.63, 3.8) is 0 Å². The number of carbonyl (C=O) groups excluding carboxylic acids is 2. The highest BCUT2D eigenvalue weighted by molar-refractivity contribution is 6.31. The Bertz CT molecular complexity index is 1160. The predicted molar refractivity (Wildman–Crippen MR) is 129 cm³/mol. The molecule has 1 aromatic heterocycles. The van der Waals surface area contributed by atoms with E-state index in [1.165, 1.54) is 23.1 Å². The van der Waals surface area contributed by atoms with Crippen LogP contribution in [0.1, 0.15) is 27.7 Å². The van der Waals surface area contributed by atoms with Crippen molar-refractivity contribution in [3.8, 4) is 16.9 Å². The number of hydrogen-bond donors (Lipinski definition) is 1. The van der Waals surface area contributed by atoms with E-state index in [1.54, 1.807) is 48.9 Å². The van der Waals surface area contributed by atoms with Gasteiger partial charge in [0, 0.05) is 28.7 Å². The maximum Gasteiger partial charge on any atom is 0.246 e. The standard InChI is InChI=1S/C24H25Cl2FN4O2/c1-14(2)23(33)30(15(3)4)13-22(32)29-24-28-21(16-5-7-17(25)8-6-16)12-31(24)18-9-10-20(27)19(26)11-18/h5-12,14-15H,13H2,1-4H3,(H,28,29,32). The maximum absolute atomic E-state index is 13.7. The smallest absolute Gasteiger partial charge is 0.246 e. The first-order valence-corrected chi connectivity index (χ1v) is 11.2. The largest absolute Gasteiger partial charge is 0.331 e. The molecule has 0 saturated heterocycles. The van der Waals surface area contributed by atoms with Crippen molar-refractivity contribution in [3.05, 3.63) is 64.5 Å². The number of hydrogen-bond acceptors (Lipinski definition) is 3. The Morgan fingerprint density at radius 2 is 1.76 bits per heavy atom. The van der Waals surface area contributed by atoms with E-state index >= 15 is 0 Å². The zero-order valence-corrected chi connectivity index (χ0v) is 20.3. The lowest BCUT2D eigenvalue weighted by Gasteiger charge is -2.27. The molecule has 0 atom stereocenters. The Hall–Kier alpha value is -2.90. The van der Waals surface area contributed by atoms with Gasteiger partial charge in [-0.1, -0.05) is 49.2 Å². The number of rotatable bonds is 7. The monoisotopic (exact) mass is 490 g/mol. The van der Waals surface area contributed by atoms with E-state index in [0.717, 1.165) is 5.56 Å². The molecule has 1 N–H and O–H groups in total. The molecule has 0 saturated carbocycles. The first-order chi connectivity index (χ1) is 15.6. The van der Waals surface area contributed by atoms with Crippen LogP contribution in [0, 0.1) is 11.7 Å². The van der Waals surface area contributed by atoms with E-state index in [4.69, 9.17) is 23.2 Å². The van der Waals surface area contributed by atoms with E-state index < -0.39 is 11.7 Å². The number of nitrogens with one attached hydrogen (secondary N) is 1. The molecule has 33 heavy (non-hydrogen) atoms. The normalized spacial score (nSPS) is 11.2. The molecule has 0 unspecified atom stereocenters. The van der Waals surface area contributed by atoms with E-state index in [2.05, 4.69) is 10.3 Å². The Balaban J connectivity index is 1.96. The lowest BCUT2D eigenvalue weighted by atomic mass is 10.1. The number of imidazole rings is 1. The molecule has 0 radical (unpaired) electrons. The molecule has 2 aromatic carbocycles. The van der Waals surface area contributed by atoms with Gasteiger partial charge in [-0.3, -0.25) is 19.5 Å². The second-order valence-corrected chi connectivity index (χ2v) is 9.03. The molecule has 0 aliphatic rings. The van der Waals surface area contributed by atoms with Crippen molar-refractivity contribution >= 4 is 41.0 Å². The summed E-state index contributed by atoms with van der Waals surface area (Å²) < 4.78 is 15.3. The topological polar surface area (TPSA) is 67.2 Å². The van der Waals surface area contributed by atoms with Gasteiger partial charge >= 0.3 is 0 Å². The Morgan fingerprint density at radius 3 is 2.33 bits per heavy atom. The highest BCUT2D eigenvalue weighted by Gasteiger charge is 2.23.